The zero-order chi connectivity index (χ0) is 23.8. The number of unbranched alkanes of at least 4 members (excludes halogenated alkanes) is 1. The highest BCUT2D eigenvalue weighted by atomic mass is 32.2. The summed E-state index contributed by atoms with van der Waals surface area (Å²) in [5, 5.41) is 10.2. The van der Waals surface area contributed by atoms with E-state index in [0.717, 1.165) is 37.2 Å². The highest BCUT2D eigenvalue weighted by molar-refractivity contribution is 7.99. The van der Waals surface area contributed by atoms with E-state index in [-0.39, 0.29) is 23.7 Å². The summed E-state index contributed by atoms with van der Waals surface area (Å²) in [5.41, 5.74) is 0.529. The number of carbonyl (C=O) groups is 2. The van der Waals surface area contributed by atoms with Crippen LogP contribution in [0.4, 0.5) is 4.39 Å². The Morgan fingerprint density at radius 2 is 2.15 bits per heavy atom. The summed E-state index contributed by atoms with van der Waals surface area (Å²) in [4.78, 5) is 31.2. The molecule has 2 heterocycles. The van der Waals surface area contributed by atoms with Crippen LogP contribution in [0.2, 0.25) is 0 Å². The molecule has 0 radical (unpaired) electrons. The van der Waals surface area contributed by atoms with Gasteiger partial charge in [0, 0.05) is 30.6 Å². The van der Waals surface area contributed by atoms with Gasteiger partial charge in [-0.3, -0.25) is 14.6 Å². The molecule has 3 rings (SSSR count). The van der Waals surface area contributed by atoms with Crippen molar-refractivity contribution in [3.8, 4) is 5.75 Å². The maximum absolute atomic E-state index is 14.6. The number of ether oxygens (including phenoxy) is 1. The van der Waals surface area contributed by atoms with Gasteiger partial charge in [-0.1, -0.05) is 13.3 Å². The van der Waals surface area contributed by atoms with Crippen molar-refractivity contribution in [1.29, 1.82) is 0 Å². The van der Waals surface area contributed by atoms with Gasteiger partial charge in [0.25, 0.3) is 0 Å². The fourth-order valence-electron chi connectivity index (χ4n) is 4.44. The monoisotopic (exact) mass is 476 g/mol. The molecule has 1 saturated heterocycles. The number of methoxy groups -OCH3 is 1. The zero-order valence-electron chi connectivity index (χ0n) is 19.4. The molecule has 1 aromatic heterocycles. The van der Waals surface area contributed by atoms with E-state index in [1.807, 2.05) is 11.8 Å². The summed E-state index contributed by atoms with van der Waals surface area (Å²) in [6, 6.07) is 5.03. The standard InChI is InChI=1S/C25H33FN2O4S/c1-3-4-12-33-13-11-28-10-9-17(20(16-28)25(30)31)5-8-23(29)24-19-14-18(32-2)6-7-22(19)27-15-21(24)26/h6-7,14-15,17,20H,3-5,8-13,16H2,1-2H3,(H,30,31)/t17-,20+/m0/s1. The Kier molecular flexibility index (Phi) is 9.50. The third kappa shape index (κ3) is 6.67. The molecule has 2 aromatic rings. The van der Waals surface area contributed by atoms with Crippen LogP contribution in [0, 0.1) is 17.7 Å². The molecule has 6 nitrogen and oxygen atoms in total. The Morgan fingerprint density at radius 3 is 2.88 bits per heavy atom. The van der Waals surface area contributed by atoms with Crippen molar-refractivity contribution >= 4 is 34.4 Å². The molecular weight excluding hydrogens is 443 g/mol. The molecule has 8 heteroatoms. The number of nitrogens with zero attached hydrogens (tertiary/aromatic N) is 2. The summed E-state index contributed by atoms with van der Waals surface area (Å²) >= 11 is 1.92. The first kappa shape index (κ1) is 25.4. The van der Waals surface area contributed by atoms with Gasteiger partial charge < -0.3 is 14.7 Å². The maximum Gasteiger partial charge on any atom is 0.308 e. The first-order valence-corrected chi connectivity index (χ1v) is 12.8. The van der Waals surface area contributed by atoms with E-state index in [4.69, 9.17) is 4.74 Å². The Bertz CT molecular complexity index is 971. The molecule has 2 atom stereocenters. The fraction of sp³-hybridized carbons (Fsp3) is 0.560. The van der Waals surface area contributed by atoms with Gasteiger partial charge in [-0.15, -0.1) is 0 Å². The number of thioether (sulfide) groups is 1. The van der Waals surface area contributed by atoms with Gasteiger partial charge in [0.2, 0.25) is 0 Å². The maximum atomic E-state index is 14.6. The van der Waals surface area contributed by atoms with Crippen LogP contribution < -0.4 is 4.74 Å². The van der Waals surface area contributed by atoms with Crippen LogP contribution in [0.15, 0.2) is 24.4 Å². The van der Waals surface area contributed by atoms with Gasteiger partial charge in [0.1, 0.15) is 5.75 Å². The molecule has 0 aliphatic carbocycles. The van der Waals surface area contributed by atoms with Crippen molar-refractivity contribution in [2.75, 3.05) is 38.2 Å². The first-order valence-electron chi connectivity index (χ1n) is 11.6. The second kappa shape index (κ2) is 12.3. The number of aromatic nitrogens is 1. The highest BCUT2D eigenvalue weighted by Crippen LogP contribution is 2.31. The Hall–Kier alpha value is -2.19. The van der Waals surface area contributed by atoms with E-state index in [2.05, 4.69) is 16.8 Å². The minimum absolute atomic E-state index is 0.00677. The summed E-state index contributed by atoms with van der Waals surface area (Å²) in [7, 11) is 1.51. The molecule has 1 aliphatic heterocycles. The van der Waals surface area contributed by atoms with Gasteiger partial charge in [-0.25, -0.2) is 4.39 Å². The predicted octanol–water partition coefficient (Wildman–Crippen LogP) is 4.90. The van der Waals surface area contributed by atoms with Crippen LogP contribution in [0.5, 0.6) is 5.75 Å². The molecular formula is C25H33FN2O4S. The second-order valence-corrected chi connectivity index (χ2v) is 9.81. The highest BCUT2D eigenvalue weighted by Gasteiger charge is 2.34. The predicted molar refractivity (Wildman–Crippen MR) is 130 cm³/mol. The number of fused-ring (bicyclic) bond motifs is 1. The van der Waals surface area contributed by atoms with Crippen molar-refractivity contribution in [1.82, 2.24) is 9.88 Å². The first-order chi connectivity index (χ1) is 15.9. The Morgan fingerprint density at radius 1 is 1.33 bits per heavy atom. The number of carbonyl (C=O) groups excluding carboxylic acids is 1. The number of Topliss-reactive ketones (excluding diaryl/α,β-unsaturated/α-hetero) is 1. The number of hydrogen-bond donors (Lipinski definition) is 1. The number of hydrogen-bond acceptors (Lipinski definition) is 6. The smallest absolute Gasteiger partial charge is 0.308 e. The molecule has 0 unspecified atom stereocenters. The fourth-order valence-corrected chi connectivity index (χ4v) is 5.52. The average Bonchev–Trinajstić information content (AvgIpc) is 2.82. The van der Waals surface area contributed by atoms with E-state index in [1.165, 1.54) is 20.0 Å². The number of carboxylic acid groups (broad SMARTS) is 1. The van der Waals surface area contributed by atoms with Crippen LogP contribution in [0.1, 0.15) is 49.4 Å². The number of benzene rings is 1. The number of likely N-dealkylation sites (tertiary alicyclic amines) is 1. The topological polar surface area (TPSA) is 79.7 Å². The van der Waals surface area contributed by atoms with Crippen molar-refractivity contribution in [2.45, 2.75) is 39.0 Å². The third-order valence-electron chi connectivity index (χ3n) is 6.40. The van der Waals surface area contributed by atoms with E-state index in [0.29, 0.717) is 29.6 Å². The number of halogens is 1. The minimum atomic E-state index is -0.818. The van der Waals surface area contributed by atoms with Gasteiger partial charge in [-0.05, 0) is 55.7 Å². The van der Waals surface area contributed by atoms with Crippen LogP contribution in [0.3, 0.4) is 0 Å². The van der Waals surface area contributed by atoms with Gasteiger partial charge in [0.05, 0.1) is 30.3 Å². The van der Waals surface area contributed by atoms with E-state index in [1.54, 1.807) is 18.2 Å². The quantitative estimate of drug-likeness (QED) is 0.345. The molecule has 0 saturated carbocycles. The number of ketones is 1. The molecule has 0 amide bonds. The SMILES string of the molecule is CCCCSCCN1CC[C@H](CCC(=O)c2c(F)cnc3ccc(OC)cc23)[C@H](C(=O)O)C1. The molecule has 1 aromatic carbocycles. The third-order valence-corrected chi connectivity index (χ3v) is 7.45. The lowest BCUT2D eigenvalue weighted by Gasteiger charge is -2.36. The number of pyridine rings is 1. The summed E-state index contributed by atoms with van der Waals surface area (Å²) < 4.78 is 19.8. The van der Waals surface area contributed by atoms with Gasteiger partial charge in [0.15, 0.2) is 11.6 Å². The summed E-state index contributed by atoms with van der Waals surface area (Å²) in [6.07, 6.45) is 4.73. The summed E-state index contributed by atoms with van der Waals surface area (Å²) in [6.45, 7) is 4.41. The number of aliphatic carboxylic acids is 1. The van der Waals surface area contributed by atoms with E-state index >= 15 is 0 Å². The van der Waals surface area contributed by atoms with E-state index < -0.39 is 17.7 Å². The molecule has 1 fully saturated rings. The zero-order valence-corrected chi connectivity index (χ0v) is 20.2. The van der Waals surface area contributed by atoms with Crippen molar-refractivity contribution in [3.63, 3.8) is 0 Å². The number of carboxylic acids is 1. The van der Waals surface area contributed by atoms with Gasteiger partial charge in [-0.2, -0.15) is 11.8 Å². The number of rotatable bonds is 12. The molecule has 1 N–H and O–H groups in total. The molecule has 0 spiro atoms. The van der Waals surface area contributed by atoms with Crippen molar-refractivity contribution in [3.05, 3.63) is 35.8 Å². The molecule has 180 valence electrons. The number of piperidine rings is 1. The summed E-state index contributed by atoms with van der Waals surface area (Å²) in [5.74, 6) is 0.262. The average molecular weight is 477 g/mol. The van der Waals surface area contributed by atoms with Crippen molar-refractivity contribution < 1.29 is 23.8 Å². The lowest BCUT2D eigenvalue weighted by molar-refractivity contribution is -0.146. The lowest BCUT2D eigenvalue weighted by Crippen LogP contribution is -2.44. The van der Waals surface area contributed by atoms with Crippen molar-refractivity contribution in [2.24, 2.45) is 11.8 Å². The van der Waals surface area contributed by atoms with Gasteiger partial charge >= 0.3 is 5.97 Å². The Balaban J connectivity index is 1.63. The lowest BCUT2D eigenvalue weighted by atomic mass is 9.81. The largest absolute Gasteiger partial charge is 0.497 e. The van der Waals surface area contributed by atoms with Crippen LogP contribution in [0.25, 0.3) is 10.9 Å². The van der Waals surface area contributed by atoms with Crippen LogP contribution in [-0.2, 0) is 4.79 Å². The molecule has 1 aliphatic rings. The Labute approximate surface area is 198 Å². The molecule has 0 bridgehead atoms. The van der Waals surface area contributed by atoms with E-state index in [9.17, 15) is 19.1 Å². The minimum Gasteiger partial charge on any atom is -0.497 e. The van der Waals surface area contributed by atoms with Crippen LogP contribution in [-0.4, -0.2) is 65.0 Å². The second-order valence-electron chi connectivity index (χ2n) is 8.59. The molecule has 33 heavy (non-hydrogen) atoms. The normalized spacial score (nSPS) is 19.0. The van der Waals surface area contributed by atoms with Crippen LogP contribution >= 0.6 is 11.8 Å².